The van der Waals surface area contributed by atoms with Gasteiger partial charge < -0.3 is 4.90 Å². The predicted octanol–water partition coefficient (Wildman–Crippen LogP) is 7.78. The van der Waals surface area contributed by atoms with Crippen LogP contribution in [0.15, 0.2) is 11.6 Å². The van der Waals surface area contributed by atoms with Gasteiger partial charge in [-0.3, -0.25) is 9.59 Å². The van der Waals surface area contributed by atoms with Crippen LogP contribution in [0.4, 0.5) is 0 Å². The number of carbonyl (C=O) groups excluding carboxylic acids is 2. The lowest BCUT2D eigenvalue weighted by Gasteiger charge is -2.56. The molecule has 3 saturated carbocycles. The van der Waals surface area contributed by atoms with Crippen LogP contribution in [0.5, 0.6) is 0 Å². The Balaban J connectivity index is 0.000000218. The van der Waals surface area contributed by atoms with Crippen LogP contribution in [-0.2, 0) is 9.59 Å². The molecule has 5 atom stereocenters. The third-order valence-electron chi connectivity index (χ3n) is 10.2. The second-order valence-electron chi connectivity index (χ2n) is 12.3. The molecule has 0 amide bonds. The molecule has 3 fully saturated rings. The van der Waals surface area contributed by atoms with E-state index in [4.69, 9.17) is 0 Å². The molecule has 0 saturated heterocycles. The van der Waals surface area contributed by atoms with Gasteiger partial charge in [0.25, 0.3) is 0 Å². The highest BCUT2D eigenvalue weighted by Gasteiger charge is 2.58. The summed E-state index contributed by atoms with van der Waals surface area (Å²) in [6.45, 7) is 15.4. The van der Waals surface area contributed by atoms with Gasteiger partial charge in [0.05, 0.1) is 0 Å². The number of unbranched alkanes of at least 4 members (excludes halogenated alkanes) is 3. The molecule has 0 unspecified atom stereocenters. The van der Waals surface area contributed by atoms with Gasteiger partial charge in [-0.1, -0.05) is 59.5 Å². The second kappa shape index (κ2) is 12.3. The van der Waals surface area contributed by atoms with Gasteiger partial charge >= 0.3 is 0 Å². The number of Topliss-reactive ketones (excluding diaryl/α,β-unsaturated/α-hetero) is 1. The molecule has 34 heavy (non-hydrogen) atoms. The summed E-state index contributed by atoms with van der Waals surface area (Å²) < 4.78 is 0. The monoisotopic (exact) mass is 471 g/mol. The lowest BCUT2D eigenvalue weighted by Crippen LogP contribution is -2.50. The molecule has 0 spiro atoms. The molecule has 3 nitrogen and oxygen atoms in total. The topological polar surface area (TPSA) is 37.4 Å². The van der Waals surface area contributed by atoms with Gasteiger partial charge in [0.2, 0.25) is 0 Å². The number of hydrogen-bond acceptors (Lipinski definition) is 3. The minimum absolute atomic E-state index is 0.0246. The molecular formula is C31H53NO2. The van der Waals surface area contributed by atoms with Gasteiger partial charge in [0.1, 0.15) is 5.78 Å². The molecule has 4 rings (SSSR count). The summed E-state index contributed by atoms with van der Waals surface area (Å²) in [5.74, 6) is 2.88. The van der Waals surface area contributed by atoms with E-state index in [9.17, 15) is 9.59 Å². The molecule has 0 bridgehead atoms. The molecule has 4 aliphatic carbocycles. The first-order valence-corrected chi connectivity index (χ1v) is 14.8. The molecule has 0 aromatic carbocycles. The van der Waals surface area contributed by atoms with E-state index in [2.05, 4.69) is 39.5 Å². The molecule has 3 heteroatoms. The van der Waals surface area contributed by atoms with Crippen molar-refractivity contribution >= 4 is 11.6 Å². The maximum absolute atomic E-state index is 12.4. The fourth-order valence-corrected chi connectivity index (χ4v) is 7.81. The third kappa shape index (κ3) is 5.88. The second-order valence-corrected chi connectivity index (χ2v) is 12.3. The van der Waals surface area contributed by atoms with Gasteiger partial charge in [-0.25, -0.2) is 0 Å². The fourth-order valence-electron chi connectivity index (χ4n) is 7.81. The first-order chi connectivity index (χ1) is 16.3. The van der Waals surface area contributed by atoms with Crippen LogP contribution < -0.4 is 0 Å². The first-order valence-electron chi connectivity index (χ1n) is 14.8. The summed E-state index contributed by atoms with van der Waals surface area (Å²) in [6, 6.07) is 0. The van der Waals surface area contributed by atoms with Crippen molar-refractivity contribution in [2.45, 2.75) is 125 Å². The number of allylic oxidation sites excluding steroid dienone is 1. The maximum Gasteiger partial charge on any atom is 0.155 e. The highest BCUT2D eigenvalue weighted by atomic mass is 16.1. The maximum atomic E-state index is 12.4. The van der Waals surface area contributed by atoms with Crippen molar-refractivity contribution in [3.8, 4) is 0 Å². The summed E-state index contributed by atoms with van der Waals surface area (Å²) in [6.07, 6.45) is 18.3. The Hall–Kier alpha value is -0.960. The van der Waals surface area contributed by atoms with Crippen molar-refractivity contribution in [1.29, 1.82) is 0 Å². The Morgan fingerprint density at radius 3 is 1.94 bits per heavy atom. The van der Waals surface area contributed by atoms with E-state index in [1.807, 2.05) is 6.08 Å². The predicted molar refractivity (Wildman–Crippen MR) is 143 cm³/mol. The van der Waals surface area contributed by atoms with E-state index < -0.39 is 0 Å². The van der Waals surface area contributed by atoms with Crippen molar-refractivity contribution < 1.29 is 9.59 Å². The zero-order chi connectivity index (χ0) is 24.8. The third-order valence-corrected chi connectivity index (χ3v) is 10.2. The minimum atomic E-state index is -0.0246. The lowest BCUT2D eigenvalue weighted by molar-refractivity contribution is -0.132. The Morgan fingerprint density at radius 1 is 0.765 bits per heavy atom. The van der Waals surface area contributed by atoms with Crippen molar-refractivity contribution in [1.82, 2.24) is 4.90 Å². The van der Waals surface area contributed by atoms with Gasteiger partial charge in [-0.05, 0) is 107 Å². The molecule has 4 aliphatic rings. The van der Waals surface area contributed by atoms with Gasteiger partial charge in [-0.15, -0.1) is 0 Å². The zero-order valence-electron chi connectivity index (χ0n) is 23.1. The molecule has 0 aliphatic heterocycles. The van der Waals surface area contributed by atoms with Gasteiger partial charge in [0, 0.05) is 18.3 Å². The molecule has 0 aromatic heterocycles. The highest BCUT2D eigenvalue weighted by Crippen LogP contribution is 2.64. The number of hydrogen-bond donors (Lipinski definition) is 0. The van der Waals surface area contributed by atoms with Crippen molar-refractivity contribution in [2.75, 3.05) is 19.6 Å². The van der Waals surface area contributed by atoms with Crippen LogP contribution in [0.25, 0.3) is 0 Å². The molecule has 0 N–H and O–H groups in total. The lowest BCUT2D eigenvalue weighted by atomic mass is 9.47. The molecular weight excluding hydrogens is 418 g/mol. The van der Waals surface area contributed by atoms with E-state index >= 15 is 0 Å². The normalized spacial score (nSPS) is 34.6. The number of carbonyl (C=O) groups is 2. The molecule has 0 aromatic rings. The van der Waals surface area contributed by atoms with Crippen LogP contribution >= 0.6 is 0 Å². The average molecular weight is 472 g/mol. The van der Waals surface area contributed by atoms with Crippen LogP contribution in [-0.4, -0.2) is 36.1 Å². The number of ketones is 2. The average Bonchev–Trinajstić information content (AvgIpc) is 3.14. The van der Waals surface area contributed by atoms with Crippen LogP contribution in [0.1, 0.15) is 125 Å². The summed E-state index contributed by atoms with van der Waals surface area (Å²) in [4.78, 5) is 26.8. The summed E-state index contributed by atoms with van der Waals surface area (Å²) in [5, 5.41) is 0. The van der Waals surface area contributed by atoms with Crippen molar-refractivity contribution in [3.05, 3.63) is 11.6 Å². The SMILES string of the molecule is CCCCN(CCCC)CCCC.C[C@]12CCC(=O)C=C1CC[C@@H]1[C@@H]2CC[C@]2(C)C(=O)CC[C@@H]12. The Bertz CT molecular complexity index is 708. The Labute approximate surface area is 210 Å². The smallest absolute Gasteiger partial charge is 0.155 e. The quantitative estimate of drug-likeness (QED) is 0.344. The van der Waals surface area contributed by atoms with E-state index in [-0.39, 0.29) is 10.8 Å². The summed E-state index contributed by atoms with van der Waals surface area (Å²) in [5.41, 5.74) is 1.64. The van der Waals surface area contributed by atoms with Crippen LogP contribution in [0.2, 0.25) is 0 Å². The minimum Gasteiger partial charge on any atom is -0.303 e. The van der Waals surface area contributed by atoms with Crippen molar-refractivity contribution in [3.63, 3.8) is 0 Å². The molecule has 0 heterocycles. The molecule has 0 radical (unpaired) electrons. The summed E-state index contributed by atoms with van der Waals surface area (Å²) >= 11 is 0. The van der Waals surface area contributed by atoms with E-state index in [1.165, 1.54) is 76.6 Å². The van der Waals surface area contributed by atoms with Gasteiger partial charge in [-0.2, -0.15) is 0 Å². The number of nitrogens with zero attached hydrogens (tertiary/aromatic N) is 1. The van der Waals surface area contributed by atoms with Crippen LogP contribution in [0.3, 0.4) is 0 Å². The largest absolute Gasteiger partial charge is 0.303 e. The highest BCUT2D eigenvalue weighted by molar-refractivity contribution is 5.91. The van der Waals surface area contributed by atoms with Gasteiger partial charge in [0.15, 0.2) is 5.78 Å². The van der Waals surface area contributed by atoms with Crippen LogP contribution in [0, 0.1) is 28.6 Å². The van der Waals surface area contributed by atoms with Crippen molar-refractivity contribution in [2.24, 2.45) is 28.6 Å². The van der Waals surface area contributed by atoms with E-state index in [1.54, 1.807) is 0 Å². The van der Waals surface area contributed by atoms with E-state index in [0.29, 0.717) is 29.3 Å². The summed E-state index contributed by atoms with van der Waals surface area (Å²) in [7, 11) is 0. The number of rotatable bonds is 9. The number of fused-ring (bicyclic) bond motifs is 5. The van der Waals surface area contributed by atoms with E-state index in [0.717, 1.165) is 38.5 Å². The molecule has 194 valence electrons. The zero-order valence-corrected chi connectivity index (χ0v) is 23.1. The fraction of sp³-hybridized carbons (Fsp3) is 0.871. The first kappa shape index (κ1) is 27.6. The Kier molecular flexibility index (Phi) is 10.0. The Morgan fingerprint density at radius 2 is 1.35 bits per heavy atom. The standard InChI is InChI=1S/C19H26O2.C12H27N/c1-18-9-7-13(20)11-12(18)3-4-14-15-5-6-17(21)19(15,2)10-8-16(14)18;1-4-7-10-13(11-8-5-2)12-9-6-3/h11,14-16H,3-10H2,1-2H3;4-12H2,1-3H3/t14-,15-,16-,18-,19-;/m0./s1.